The number of aromatic nitrogens is 3. The number of rotatable bonds is 4. The molecule has 1 unspecified atom stereocenters. The van der Waals surface area contributed by atoms with E-state index < -0.39 is 0 Å². The summed E-state index contributed by atoms with van der Waals surface area (Å²) < 4.78 is 2.00. The summed E-state index contributed by atoms with van der Waals surface area (Å²) in [6, 6.07) is 0.400. The van der Waals surface area contributed by atoms with E-state index in [1.807, 2.05) is 4.68 Å². The lowest BCUT2D eigenvalue weighted by atomic mass is 10.1. The lowest BCUT2D eigenvalue weighted by molar-refractivity contribution is 0.441. The molecular weight excluding hydrogens is 198 g/mol. The molecule has 0 aliphatic heterocycles. The van der Waals surface area contributed by atoms with Gasteiger partial charge in [-0.2, -0.15) is 0 Å². The maximum atomic E-state index is 5.82. The van der Waals surface area contributed by atoms with Crippen molar-refractivity contribution in [3.05, 3.63) is 11.4 Å². The second kappa shape index (κ2) is 4.78. The van der Waals surface area contributed by atoms with Gasteiger partial charge in [-0.3, -0.25) is 0 Å². The average Bonchev–Trinajstić information content (AvgIpc) is 2.59. The normalized spacial score (nSPS) is 13.6. The summed E-state index contributed by atoms with van der Waals surface area (Å²) in [5.74, 6) is 0.872. The maximum Gasteiger partial charge on any atom is 0.101 e. The third-order valence-electron chi connectivity index (χ3n) is 2.49. The molecule has 0 radical (unpaired) electrons. The molecule has 1 rings (SSSR count). The van der Waals surface area contributed by atoms with Gasteiger partial charge in [0.25, 0.3) is 0 Å². The van der Waals surface area contributed by atoms with Crippen LogP contribution in [0.2, 0.25) is 0 Å². The third-order valence-corrected chi connectivity index (χ3v) is 2.74. The van der Waals surface area contributed by atoms with Gasteiger partial charge in [-0.15, -0.1) is 16.7 Å². The molecular formula is C10H18ClN3. The Balaban J connectivity index is 3.10. The van der Waals surface area contributed by atoms with Crippen molar-refractivity contribution in [2.75, 3.05) is 0 Å². The lowest BCUT2D eigenvalue weighted by Gasteiger charge is -2.15. The molecule has 3 nitrogen and oxygen atoms in total. The van der Waals surface area contributed by atoms with Crippen LogP contribution in [-0.4, -0.2) is 15.0 Å². The van der Waals surface area contributed by atoms with Gasteiger partial charge < -0.3 is 0 Å². The Labute approximate surface area is 90.4 Å². The monoisotopic (exact) mass is 215 g/mol. The molecule has 0 amide bonds. The second-order valence-corrected chi connectivity index (χ2v) is 4.18. The van der Waals surface area contributed by atoms with Crippen LogP contribution in [0.1, 0.15) is 57.5 Å². The van der Waals surface area contributed by atoms with Gasteiger partial charge in [0, 0.05) is 0 Å². The first-order valence-electron chi connectivity index (χ1n) is 5.11. The fraction of sp³-hybridized carbons (Fsp3) is 0.800. The molecule has 0 fully saturated rings. The molecule has 1 aromatic rings. The Hall–Kier alpha value is -0.570. The number of hydrogen-bond donors (Lipinski definition) is 0. The van der Waals surface area contributed by atoms with E-state index in [4.69, 9.17) is 11.6 Å². The Morgan fingerprint density at radius 2 is 2.00 bits per heavy atom. The number of nitrogens with zero attached hydrogens (tertiary/aromatic N) is 3. The summed E-state index contributed by atoms with van der Waals surface area (Å²) in [6.45, 7) is 8.59. The quantitative estimate of drug-likeness (QED) is 0.723. The van der Waals surface area contributed by atoms with Crippen LogP contribution in [0.5, 0.6) is 0 Å². The zero-order valence-electron chi connectivity index (χ0n) is 9.29. The molecule has 0 saturated heterocycles. The third kappa shape index (κ3) is 2.08. The van der Waals surface area contributed by atoms with Crippen molar-refractivity contribution in [3.63, 3.8) is 0 Å². The summed E-state index contributed by atoms with van der Waals surface area (Å²) in [4.78, 5) is 0. The highest BCUT2D eigenvalue weighted by Crippen LogP contribution is 2.23. The van der Waals surface area contributed by atoms with E-state index in [0.29, 0.717) is 17.8 Å². The zero-order valence-corrected chi connectivity index (χ0v) is 10.0. The lowest BCUT2D eigenvalue weighted by Crippen LogP contribution is -2.11. The molecule has 1 atom stereocenters. The minimum absolute atomic E-state index is 0.400. The first-order chi connectivity index (χ1) is 6.61. The van der Waals surface area contributed by atoms with E-state index in [2.05, 4.69) is 38.0 Å². The van der Waals surface area contributed by atoms with Gasteiger partial charge in [0.05, 0.1) is 17.6 Å². The van der Waals surface area contributed by atoms with Crippen molar-refractivity contribution < 1.29 is 0 Å². The topological polar surface area (TPSA) is 30.7 Å². The zero-order chi connectivity index (χ0) is 10.7. The van der Waals surface area contributed by atoms with Crippen molar-refractivity contribution in [3.8, 4) is 0 Å². The molecule has 0 aliphatic carbocycles. The molecule has 0 spiro atoms. The first kappa shape index (κ1) is 11.5. The maximum absolute atomic E-state index is 5.82. The Bertz CT molecular complexity index is 294. The summed E-state index contributed by atoms with van der Waals surface area (Å²) in [5, 5.41) is 8.27. The van der Waals surface area contributed by atoms with E-state index in [1.54, 1.807) is 0 Å². The highest BCUT2D eigenvalue weighted by Gasteiger charge is 2.17. The Morgan fingerprint density at radius 1 is 1.36 bits per heavy atom. The summed E-state index contributed by atoms with van der Waals surface area (Å²) in [5.41, 5.74) is 2.09. The van der Waals surface area contributed by atoms with Crippen molar-refractivity contribution >= 4 is 11.6 Å². The standard InChI is InChI=1S/C10H18ClN3/c1-5-8(4)14-10(7(2)3)9(6-11)12-13-14/h7-8H,5-6H2,1-4H3. The molecule has 0 aliphatic rings. The van der Waals surface area contributed by atoms with E-state index in [1.165, 1.54) is 5.69 Å². The van der Waals surface area contributed by atoms with Crippen LogP contribution in [0.25, 0.3) is 0 Å². The molecule has 0 aromatic carbocycles. The van der Waals surface area contributed by atoms with Gasteiger partial charge in [-0.25, -0.2) is 4.68 Å². The molecule has 0 bridgehead atoms. The summed E-state index contributed by atoms with van der Waals surface area (Å²) in [6.07, 6.45) is 1.06. The van der Waals surface area contributed by atoms with Gasteiger partial charge in [-0.1, -0.05) is 26.0 Å². The largest absolute Gasteiger partial charge is 0.246 e. The number of halogens is 1. The molecule has 0 N–H and O–H groups in total. The van der Waals surface area contributed by atoms with E-state index in [-0.39, 0.29) is 0 Å². The van der Waals surface area contributed by atoms with Crippen LogP contribution in [0.3, 0.4) is 0 Å². The minimum Gasteiger partial charge on any atom is -0.246 e. The number of hydrogen-bond acceptors (Lipinski definition) is 2. The predicted octanol–water partition coefficient (Wildman–Crippen LogP) is 3.11. The van der Waals surface area contributed by atoms with Crippen molar-refractivity contribution in [1.29, 1.82) is 0 Å². The van der Waals surface area contributed by atoms with Crippen LogP contribution in [-0.2, 0) is 5.88 Å². The fourth-order valence-electron chi connectivity index (χ4n) is 1.53. The smallest absolute Gasteiger partial charge is 0.101 e. The Kier molecular flexibility index (Phi) is 3.93. The van der Waals surface area contributed by atoms with Crippen LogP contribution >= 0.6 is 11.6 Å². The molecule has 0 saturated carbocycles. The molecule has 80 valence electrons. The van der Waals surface area contributed by atoms with E-state index >= 15 is 0 Å². The molecule has 4 heteroatoms. The van der Waals surface area contributed by atoms with Crippen LogP contribution in [0.15, 0.2) is 0 Å². The minimum atomic E-state index is 0.400. The van der Waals surface area contributed by atoms with E-state index in [9.17, 15) is 0 Å². The van der Waals surface area contributed by atoms with Crippen molar-refractivity contribution in [2.24, 2.45) is 0 Å². The molecule has 14 heavy (non-hydrogen) atoms. The van der Waals surface area contributed by atoms with Gasteiger partial charge >= 0.3 is 0 Å². The van der Waals surface area contributed by atoms with Crippen LogP contribution in [0, 0.1) is 0 Å². The van der Waals surface area contributed by atoms with Crippen molar-refractivity contribution in [1.82, 2.24) is 15.0 Å². The van der Waals surface area contributed by atoms with Gasteiger partial charge in [0.1, 0.15) is 5.69 Å². The fourth-order valence-corrected chi connectivity index (χ4v) is 1.72. The summed E-state index contributed by atoms with van der Waals surface area (Å²) >= 11 is 5.82. The summed E-state index contributed by atoms with van der Waals surface area (Å²) in [7, 11) is 0. The highest BCUT2D eigenvalue weighted by atomic mass is 35.5. The van der Waals surface area contributed by atoms with Crippen LogP contribution < -0.4 is 0 Å². The van der Waals surface area contributed by atoms with Crippen molar-refractivity contribution in [2.45, 2.75) is 52.0 Å². The second-order valence-electron chi connectivity index (χ2n) is 3.91. The molecule has 1 aromatic heterocycles. The highest BCUT2D eigenvalue weighted by molar-refractivity contribution is 6.16. The average molecular weight is 216 g/mol. The Morgan fingerprint density at radius 3 is 2.43 bits per heavy atom. The van der Waals surface area contributed by atoms with Gasteiger partial charge in [0.15, 0.2) is 0 Å². The van der Waals surface area contributed by atoms with E-state index in [0.717, 1.165) is 12.1 Å². The van der Waals surface area contributed by atoms with Gasteiger partial charge in [0.2, 0.25) is 0 Å². The predicted molar refractivity (Wildman–Crippen MR) is 58.7 cm³/mol. The number of alkyl halides is 1. The van der Waals surface area contributed by atoms with Crippen LogP contribution in [0.4, 0.5) is 0 Å². The van der Waals surface area contributed by atoms with Gasteiger partial charge in [-0.05, 0) is 19.3 Å². The first-order valence-corrected chi connectivity index (χ1v) is 5.65. The SMILES string of the molecule is CCC(C)n1nnc(CCl)c1C(C)C. The molecule has 1 heterocycles.